The van der Waals surface area contributed by atoms with Crippen LogP contribution in [-0.2, 0) is 17.3 Å². The van der Waals surface area contributed by atoms with Crippen molar-refractivity contribution in [2.24, 2.45) is 5.73 Å². The third kappa shape index (κ3) is 3.15. The van der Waals surface area contributed by atoms with Crippen molar-refractivity contribution in [2.45, 2.75) is 18.7 Å². The van der Waals surface area contributed by atoms with Crippen LogP contribution in [0.1, 0.15) is 11.1 Å². The molecule has 1 heterocycles. The van der Waals surface area contributed by atoms with E-state index in [1.165, 1.54) is 12.1 Å². The van der Waals surface area contributed by atoms with E-state index in [1.54, 1.807) is 24.3 Å². The number of alkyl halides is 3. The van der Waals surface area contributed by atoms with E-state index in [2.05, 4.69) is 0 Å². The quantitative estimate of drug-likeness (QED) is 0.927. The van der Waals surface area contributed by atoms with Crippen LogP contribution in [0.4, 0.5) is 18.0 Å². The molecule has 1 unspecified atom stereocenters. The molecule has 1 amide bonds. The van der Waals surface area contributed by atoms with Gasteiger partial charge < -0.3 is 15.2 Å². The minimum Gasteiger partial charge on any atom is -0.486 e. The Labute approximate surface area is 136 Å². The highest BCUT2D eigenvalue weighted by Gasteiger charge is 2.35. The molecular weight excluding hydrogens is 323 g/mol. The van der Waals surface area contributed by atoms with E-state index in [1.807, 2.05) is 0 Å². The molecule has 7 heteroatoms. The number of hydrogen-bond acceptors (Lipinski definition) is 3. The molecule has 126 valence electrons. The number of primary amides is 1. The van der Waals surface area contributed by atoms with Crippen LogP contribution >= 0.6 is 0 Å². The maximum absolute atomic E-state index is 13.3. The van der Waals surface area contributed by atoms with Gasteiger partial charge in [-0.05, 0) is 23.3 Å². The Morgan fingerprint density at radius 2 is 1.88 bits per heavy atom. The molecule has 24 heavy (non-hydrogen) atoms. The molecule has 0 bridgehead atoms. The van der Waals surface area contributed by atoms with Crippen molar-refractivity contribution < 1.29 is 27.4 Å². The molecule has 1 aliphatic heterocycles. The van der Waals surface area contributed by atoms with Crippen LogP contribution in [0.2, 0.25) is 0 Å². The van der Waals surface area contributed by atoms with Gasteiger partial charge >= 0.3 is 12.3 Å². The van der Waals surface area contributed by atoms with Crippen molar-refractivity contribution in [3.63, 3.8) is 0 Å². The van der Waals surface area contributed by atoms with E-state index in [0.717, 1.165) is 6.07 Å². The molecule has 0 spiro atoms. The fourth-order valence-electron chi connectivity index (χ4n) is 2.82. The van der Waals surface area contributed by atoms with Gasteiger partial charge in [0.15, 0.2) is 0 Å². The normalized spacial score (nSPS) is 16.4. The molecule has 2 aromatic rings. The molecule has 0 aliphatic carbocycles. The Balaban J connectivity index is 1.97. The minimum absolute atomic E-state index is 0.0512. The average Bonchev–Trinajstić information content (AvgIpc) is 2.95. The maximum atomic E-state index is 13.3. The van der Waals surface area contributed by atoms with Crippen LogP contribution in [0, 0.1) is 0 Å². The van der Waals surface area contributed by atoms with Gasteiger partial charge in [-0.2, -0.15) is 13.2 Å². The summed E-state index contributed by atoms with van der Waals surface area (Å²) < 4.78 is 50.2. The van der Waals surface area contributed by atoms with Gasteiger partial charge in [0.1, 0.15) is 18.5 Å². The summed E-state index contributed by atoms with van der Waals surface area (Å²) >= 11 is 0. The smallest absolute Gasteiger partial charge is 0.417 e. The summed E-state index contributed by atoms with van der Waals surface area (Å²) in [5.74, 6) is 0.488. The molecule has 0 saturated carbocycles. The maximum Gasteiger partial charge on any atom is 0.417 e. The zero-order valence-electron chi connectivity index (χ0n) is 12.5. The van der Waals surface area contributed by atoms with Crippen LogP contribution in [0.15, 0.2) is 42.5 Å². The summed E-state index contributed by atoms with van der Waals surface area (Å²) in [5.41, 5.74) is 5.44. The summed E-state index contributed by atoms with van der Waals surface area (Å²) in [6.07, 6.45) is -5.50. The second-order valence-corrected chi connectivity index (χ2v) is 5.40. The first-order valence-corrected chi connectivity index (χ1v) is 7.23. The molecule has 4 nitrogen and oxygen atoms in total. The summed E-state index contributed by atoms with van der Waals surface area (Å²) in [7, 11) is 0. The summed E-state index contributed by atoms with van der Waals surface area (Å²) in [5, 5.41) is 0. The third-order valence-electron chi connectivity index (χ3n) is 3.79. The fourth-order valence-corrected chi connectivity index (χ4v) is 2.82. The zero-order chi connectivity index (χ0) is 17.3. The first-order valence-electron chi connectivity index (χ1n) is 7.23. The second kappa shape index (κ2) is 6.07. The molecule has 1 atom stereocenters. The monoisotopic (exact) mass is 337 g/mol. The van der Waals surface area contributed by atoms with E-state index in [0.29, 0.717) is 23.3 Å². The standard InChI is InChI=1S/C17H14F3NO3/c18-17(19,20)14-6-2-1-4-12(14)11-5-3-7-15-13(11)8-10(24-15)9-23-16(21)22/h1-7,10H,8-9H2,(H2,21,22). The van der Waals surface area contributed by atoms with Crippen molar-refractivity contribution >= 4 is 6.09 Å². The van der Waals surface area contributed by atoms with Gasteiger partial charge in [-0.1, -0.05) is 30.3 Å². The number of amides is 1. The van der Waals surface area contributed by atoms with E-state index in [4.69, 9.17) is 15.2 Å². The van der Waals surface area contributed by atoms with Gasteiger partial charge in [-0.25, -0.2) is 4.79 Å². The number of ether oxygens (including phenoxy) is 2. The Bertz CT molecular complexity index is 774. The highest BCUT2D eigenvalue weighted by atomic mass is 19.4. The lowest BCUT2D eigenvalue weighted by atomic mass is 9.93. The minimum atomic E-state index is -4.45. The lowest BCUT2D eigenvalue weighted by molar-refractivity contribution is -0.137. The van der Waals surface area contributed by atoms with Crippen LogP contribution in [0.25, 0.3) is 11.1 Å². The summed E-state index contributed by atoms with van der Waals surface area (Å²) in [4.78, 5) is 10.7. The van der Waals surface area contributed by atoms with Crippen LogP contribution in [0.5, 0.6) is 5.75 Å². The van der Waals surface area contributed by atoms with Crippen LogP contribution in [-0.4, -0.2) is 18.8 Å². The van der Waals surface area contributed by atoms with E-state index >= 15 is 0 Å². The largest absolute Gasteiger partial charge is 0.486 e. The number of halogens is 3. The van der Waals surface area contributed by atoms with E-state index in [9.17, 15) is 18.0 Å². The van der Waals surface area contributed by atoms with Gasteiger partial charge in [0.2, 0.25) is 0 Å². The number of rotatable bonds is 3. The Morgan fingerprint density at radius 1 is 1.17 bits per heavy atom. The first-order chi connectivity index (χ1) is 11.4. The first kappa shape index (κ1) is 16.2. The number of carbonyl (C=O) groups excluding carboxylic acids is 1. The molecule has 2 N–H and O–H groups in total. The van der Waals surface area contributed by atoms with Crippen molar-refractivity contribution in [1.82, 2.24) is 0 Å². The van der Waals surface area contributed by atoms with Gasteiger partial charge in [0.25, 0.3) is 0 Å². The number of benzene rings is 2. The molecule has 0 radical (unpaired) electrons. The molecule has 2 aromatic carbocycles. The molecular formula is C17H14F3NO3. The third-order valence-corrected chi connectivity index (χ3v) is 3.79. The SMILES string of the molecule is NC(=O)OCC1Cc2c(cccc2-c2ccccc2C(F)(F)F)O1. The Kier molecular flexibility index (Phi) is 4.09. The molecule has 1 aliphatic rings. The van der Waals surface area contributed by atoms with E-state index in [-0.39, 0.29) is 12.2 Å². The van der Waals surface area contributed by atoms with Gasteiger partial charge in [-0.3, -0.25) is 0 Å². The van der Waals surface area contributed by atoms with Crippen molar-refractivity contribution in [3.8, 4) is 16.9 Å². The van der Waals surface area contributed by atoms with Crippen molar-refractivity contribution in [3.05, 3.63) is 53.6 Å². The predicted octanol–water partition coefficient (Wildman–Crippen LogP) is 3.77. The second-order valence-electron chi connectivity index (χ2n) is 5.40. The van der Waals surface area contributed by atoms with Crippen molar-refractivity contribution in [1.29, 1.82) is 0 Å². The Morgan fingerprint density at radius 3 is 2.58 bits per heavy atom. The molecule has 0 saturated heterocycles. The molecule has 0 aromatic heterocycles. The lowest BCUT2D eigenvalue weighted by Gasteiger charge is -2.14. The summed E-state index contributed by atoms with van der Waals surface area (Å²) in [6, 6.07) is 10.4. The number of nitrogens with two attached hydrogens (primary N) is 1. The molecule has 3 rings (SSSR count). The summed E-state index contributed by atoms with van der Waals surface area (Å²) in [6.45, 7) is -0.0512. The molecule has 0 fully saturated rings. The van der Waals surface area contributed by atoms with Crippen LogP contribution in [0.3, 0.4) is 0 Å². The zero-order valence-corrected chi connectivity index (χ0v) is 12.5. The lowest BCUT2D eigenvalue weighted by Crippen LogP contribution is -2.25. The highest BCUT2D eigenvalue weighted by Crippen LogP contribution is 2.42. The van der Waals surface area contributed by atoms with Crippen molar-refractivity contribution in [2.75, 3.05) is 6.61 Å². The number of carbonyl (C=O) groups is 1. The average molecular weight is 337 g/mol. The topological polar surface area (TPSA) is 61.6 Å². The predicted molar refractivity (Wildman–Crippen MR) is 80.5 cm³/mol. The van der Waals surface area contributed by atoms with Gasteiger partial charge in [0.05, 0.1) is 5.56 Å². The Hall–Kier alpha value is -2.70. The number of fused-ring (bicyclic) bond motifs is 1. The van der Waals surface area contributed by atoms with Gasteiger partial charge in [0, 0.05) is 12.0 Å². The fraction of sp³-hybridized carbons (Fsp3) is 0.235. The van der Waals surface area contributed by atoms with Crippen LogP contribution < -0.4 is 10.5 Å². The van der Waals surface area contributed by atoms with E-state index < -0.39 is 23.9 Å². The highest BCUT2D eigenvalue weighted by molar-refractivity contribution is 5.74. The number of hydrogen-bond donors (Lipinski definition) is 1. The van der Waals surface area contributed by atoms with Gasteiger partial charge in [-0.15, -0.1) is 0 Å².